The molecule has 0 fully saturated rings. The van der Waals surface area contributed by atoms with Crippen molar-refractivity contribution in [2.24, 2.45) is 16.6 Å². The molecule has 1 rings (SSSR count). The summed E-state index contributed by atoms with van der Waals surface area (Å²) in [6.07, 6.45) is 3.51. The van der Waals surface area contributed by atoms with Gasteiger partial charge >= 0.3 is 0 Å². The fourth-order valence-electron chi connectivity index (χ4n) is 2.83. The molecule has 7 nitrogen and oxygen atoms in total. The summed E-state index contributed by atoms with van der Waals surface area (Å²) in [5.41, 5.74) is 5.58. The highest BCUT2D eigenvalue weighted by Crippen LogP contribution is 2.44. The van der Waals surface area contributed by atoms with E-state index >= 15 is 0 Å². The zero-order chi connectivity index (χ0) is 20.9. The third kappa shape index (κ3) is 10.9. The van der Waals surface area contributed by atoms with Crippen molar-refractivity contribution in [3.8, 4) is 0 Å². The van der Waals surface area contributed by atoms with Crippen LogP contribution in [0.3, 0.4) is 0 Å². The molecule has 0 aromatic heterocycles. The molecular weight excluding hydrogens is 385 g/mol. The van der Waals surface area contributed by atoms with Crippen LogP contribution in [0.5, 0.6) is 0 Å². The smallest absolute Gasteiger partial charge is 0.154 e. The van der Waals surface area contributed by atoms with Gasteiger partial charge in [-0.2, -0.15) is 0 Å². The molecule has 4 N–H and O–H groups in total. The molecule has 0 radical (unpaired) electrons. The molecule has 0 bridgehead atoms. The Hall–Kier alpha value is -0.0500. The minimum atomic E-state index is -3.14. The molecule has 0 saturated heterocycles. The first-order valence-electron chi connectivity index (χ1n) is 9.35. The molecule has 0 aromatic carbocycles. The van der Waals surface area contributed by atoms with Crippen molar-refractivity contribution >= 4 is 18.3 Å². The van der Waals surface area contributed by atoms with Crippen molar-refractivity contribution in [3.05, 3.63) is 12.3 Å². The predicted octanol–water partition coefficient (Wildman–Crippen LogP) is 1.52. The maximum atomic E-state index is 12.6. The normalized spacial score (nSPS) is 23.1. The highest BCUT2D eigenvalue weighted by molar-refractivity contribution is 8.08. The summed E-state index contributed by atoms with van der Waals surface area (Å²) < 4.78 is 11.8. The van der Waals surface area contributed by atoms with Gasteiger partial charge in [-0.3, -0.25) is 5.32 Å². The van der Waals surface area contributed by atoms with E-state index in [0.29, 0.717) is 19.3 Å². The van der Waals surface area contributed by atoms with Gasteiger partial charge in [0.05, 0.1) is 32.2 Å². The molecule has 1 aliphatic heterocycles. The van der Waals surface area contributed by atoms with E-state index in [1.165, 1.54) is 0 Å². The lowest BCUT2D eigenvalue weighted by molar-refractivity contribution is -0.190. The van der Waals surface area contributed by atoms with Crippen LogP contribution >= 0.6 is 6.49 Å². The molecule has 9 heteroatoms. The van der Waals surface area contributed by atoms with Gasteiger partial charge in [-0.1, -0.05) is 53.3 Å². The second kappa shape index (κ2) is 10.1. The maximum absolute atomic E-state index is 12.6. The Morgan fingerprint density at radius 3 is 2.41 bits per heavy atom. The van der Waals surface area contributed by atoms with Crippen molar-refractivity contribution in [2.45, 2.75) is 66.5 Å². The van der Waals surface area contributed by atoms with Crippen molar-refractivity contribution in [1.29, 1.82) is 0 Å². The lowest BCUT2D eigenvalue weighted by Gasteiger charge is -2.39. The first kappa shape index (κ1) is 25.0. The second-order valence-corrected chi connectivity index (χ2v) is 13.0. The molecule has 1 aliphatic rings. The third-order valence-corrected chi connectivity index (χ3v) is 6.42. The van der Waals surface area contributed by atoms with Gasteiger partial charge in [-0.15, -0.1) is 0 Å². The monoisotopic (exact) mass is 422 g/mol. The lowest BCUT2D eigenvalue weighted by Crippen LogP contribution is -2.51. The van der Waals surface area contributed by atoms with Crippen LogP contribution in [0, 0.1) is 10.8 Å². The summed E-state index contributed by atoms with van der Waals surface area (Å²) in [4.78, 5) is 14.5. The molecular formula is C18H37N3O4PS-. The van der Waals surface area contributed by atoms with E-state index in [2.05, 4.69) is 26.1 Å². The summed E-state index contributed by atoms with van der Waals surface area (Å²) in [6, 6.07) is 0. The minimum absolute atomic E-state index is 0.0259. The third-order valence-electron chi connectivity index (χ3n) is 3.84. The summed E-state index contributed by atoms with van der Waals surface area (Å²) in [5.74, 6) is 0. The Morgan fingerprint density at radius 2 is 1.96 bits per heavy atom. The first-order valence-corrected chi connectivity index (χ1v) is 12.2. The Balaban J connectivity index is 2.78. The van der Waals surface area contributed by atoms with Crippen molar-refractivity contribution in [1.82, 2.24) is 10.2 Å². The highest BCUT2D eigenvalue weighted by atomic mass is 32.5. The van der Waals surface area contributed by atoms with Crippen molar-refractivity contribution < 1.29 is 19.3 Å². The number of hydrogen-bond acceptors (Lipinski definition) is 8. The van der Waals surface area contributed by atoms with E-state index in [1.807, 2.05) is 31.9 Å². The van der Waals surface area contributed by atoms with Crippen molar-refractivity contribution in [2.75, 3.05) is 26.0 Å². The van der Waals surface area contributed by atoms with Gasteiger partial charge in [0.1, 0.15) is 0 Å². The van der Waals surface area contributed by atoms with Crippen LogP contribution in [0.2, 0.25) is 0 Å². The van der Waals surface area contributed by atoms with Crippen LogP contribution in [0.4, 0.5) is 0 Å². The summed E-state index contributed by atoms with van der Waals surface area (Å²) in [6.45, 7) is 9.53. The number of ether oxygens (including phenoxy) is 1. The molecule has 0 saturated carbocycles. The Labute approximate surface area is 169 Å². The average Bonchev–Trinajstić information content (AvgIpc) is 2.47. The van der Waals surface area contributed by atoms with Crippen molar-refractivity contribution in [3.63, 3.8) is 0 Å². The number of nitrogens with one attached hydrogen (secondary N) is 1. The molecule has 0 amide bonds. The summed E-state index contributed by atoms with van der Waals surface area (Å²) >= 11 is 5.21. The fourth-order valence-corrected chi connectivity index (χ4v) is 5.82. The zero-order valence-corrected chi connectivity index (χ0v) is 19.2. The van der Waals surface area contributed by atoms with Gasteiger partial charge in [-0.05, 0) is 36.0 Å². The molecule has 4 atom stereocenters. The molecule has 0 aromatic rings. The second-order valence-electron chi connectivity index (χ2n) is 9.53. The number of nitrogens with zero attached hydrogens (tertiary/aromatic N) is 1. The van der Waals surface area contributed by atoms with E-state index in [1.54, 1.807) is 6.08 Å². The molecule has 0 aliphatic carbocycles. The number of aliphatic hydroxyl groups is 1. The number of rotatable bonds is 9. The lowest BCUT2D eigenvalue weighted by atomic mass is 9.89. The number of hydrogen-bond donors (Lipinski definition) is 3. The van der Waals surface area contributed by atoms with Crippen LogP contribution in [0.1, 0.15) is 48.0 Å². The topological polar surface area (TPSA) is 103 Å². The first-order chi connectivity index (χ1) is 12.2. The van der Waals surface area contributed by atoms with Gasteiger partial charge in [0.2, 0.25) is 0 Å². The molecule has 160 valence electrons. The van der Waals surface area contributed by atoms with E-state index in [9.17, 15) is 10.00 Å². The molecule has 0 spiro atoms. The quantitative estimate of drug-likeness (QED) is 0.481. The summed E-state index contributed by atoms with van der Waals surface area (Å²) in [5, 5.41) is 12.9. The fraction of sp³-hybridized carbons (Fsp3) is 0.889. The van der Waals surface area contributed by atoms with Crippen LogP contribution in [0.25, 0.3) is 0 Å². The standard InChI is InChI=1S/C18H38N3O4PS/c1-17(2,3)9-14(11-24-26(23,27)12-18(4,5)6)25-16(10-22)21-8-7-15(19)20-13-21/h7-8,14-16,20,22H,9-13,19H2,1-6H3,(H,23,27)/p-1/t14-,15?,16-,26?/m1/s1. The Morgan fingerprint density at radius 1 is 1.33 bits per heavy atom. The molecule has 27 heavy (non-hydrogen) atoms. The summed E-state index contributed by atoms with van der Waals surface area (Å²) in [7, 11) is 0. The van der Waals surface area contributed by atoms with E-state index in [0.717, 1.165) is 0 Å². The molecule has 2 unspecified atom stereocenters. The number of nitrogens with two attached hydrogens (primary N) is 1. The van der Waals surface area contributed by atoms with E-state index in [-0.39, 0.29) is 36.3 Å². The van der Waals surface area contributed by atoms with Crippen LogP contribution in [-0.2, 0) is 21.1 Å². The van der Waals surface area contributed by atoms with Crippen LogP contribution in [0.15, 0.2) is 12.3 Å². The zero-order valence-electron chi connectivity index (χ0n) is 17.5. The number of aliphatic hydroxyl groups excluding tert-OH is 1. The van der Waals surface area contributed by atoms with E-state index in [4.69, 9.17) is 26.8 Å². The van der Waals surface area contributed by atoms with Gasteiger partial charge in [0, 0.05) is 6.20 Å². The average molecular weight is 423 g/mol. The predicted molar refractivity (Wildman–Crippen MR) is 111 cm³/mol. The molecule has 1 heterocycles. The van der Waals surface area contributed by atoms with Crippen LogP contribution < -0.4 is 15.9 Å². The van der Waals surface area contributed by atoms with Gasteiger partial charge in [0.15, 0.2) is 6.23 Å². The Kier molecular flexibility index (Phi) is 9.37. The highest BCUT2D eigenvalue weighted by Gasteiger charge is 2.27. The largest absolute Gasteiger partial charge is 0.801 e. The van der Waals surface area contributed by atoms with Gasteiger partial charge in [0.25, 0.3) is 0 Å². The van der Waals surface area contributed by atoms with Gasteiger partial charge in [-0.25, -0.2) is 0 Å². The maximum Gasteiger partial charge on any atom is 0.154 e. The van der Waals surface area contributed by atoms with Crippen LogP contribution in [-0.4, -0.2) is 54.5 Å². The van der Waals surface area contributed by atoms with E-state index < -0.39 is 12.7 Å². The Bertz CT molecular complexity index is 534. The SMILES string of the molecule is CC(C)(C)C[C@H](COP([O-])(=S)CC(C)(C)C)O[C@H](CO)N1C=CC(N)NC1. The van der Waals surface area contributed by atoms with Gasteiger partial charge < -0.3 is 29.9 Å². The minimum Gasteiger partial charge on any atom is -0.801 e.